The van der Waals surface area contributed by atoms with Crippen molar-refractivity contribution in [3.8, 4) is 0 Å². The fourth-order valence-electron chi connectivity index (χ4n) is 1.87. The van der Waals surface area contributed by atoms with Crippen molar-refractivity contribution in [1.29, 1.82) is 0 Å². The van der Waals surface area contributed by atoms with Gasteiger partial charge >= 0.3 is 0 Å². The van der Waals surface area contributed by atoms with Crippen molar-refractivity contribution < 1.29 is 14.7 Å². The van der Waals surface area contributed by atoms with Crippen LogP contribution in [0.2, 0.25) is 0 Å². The lowest BCUT2D eigenvalue weighted by Gasteiger charge is -2.15. The second kappa shape index (κ2) is 4.06. The molecule has 0 atom stereocenters. The molecular weight excluding hydrogens is 206 g/mol. The third-order valence-electron chi connectivity index (χ3n) is 2.67. The fourth-order valence-corrected chi connectivity index (χ4v) is 1.87. The molecule has 0 saturated carbocycles. The summed E-state index contributed by atoms with van der Waals surface area (Å²) in [5, 5.41) is 8.75. The summed E-state index contributed by atoms with van der Waals surface area (Å²) >= 11 is 0. The molecule has 1 heterocycles. The number of hydrogen-bond acceptors (Lipinski definition) is 3. The monoisotopic (exact) mass is 219 g/mol. The van der Waals surface area contributed by atoms with Crippen LogP contribution < -0.4 is 4.90 Å². The molecule has 0 fully saturated rings. The molecular formula is C12H13NO3. The summed E-state index contributed by atoms with van der Waals surface area (Å²) in [4.78, 5) is 24.8. The number of hydrogen-bond donors (Lipinski definition) is 1. The van der Waals surface area contributed by atoms with Crippen molar-refractivity contribution in [2.24, 2.45) is 0 Å². The zero-order chi connectivity index (χ0) is 11.7. The van der Waals surface area contributed by atoms with Crippen molar-refractivity contribution in [3.63, 3.8) is 0 Å². The summed E-state index contributed by atoms with van der Waals surface area (Å²) in [5.41, 5.74) is 2.10. The molecule has 1 amide bonds. The maximum absolute atomic E-state index is 11.7. The maximum atomic E-state index is 11.7. The fraction of sp³-hybridized carbons (Fsp3) is 0.333. The molecule has 16 heavy (non-hydrogen) atoms. The molecule has 2 rings (SSSR count). The Kier molecular flexibility index (Phi) is 2.75. The Balaban J connectivity index is 2.38. The predicted molar refractivity (Wildman–Crippen MR) is 59.6 cm³/mol. The van der Waals surface area contributed by atoms with Crippen molar-refractivity contribution in [2.75, 3.05) is 18.1 Å². The Morgan fingerprint density at radius 2 is 2.06 bits per heavy atom. The van der Waals surface area contributed by atoms with Crippen molar-refractivity contribution in [1.82, 2.24) is 0 Å². The molecule has 0 aliphatic carbocycles. The van der Waals surface area contributed by atoms with E-state index >= 15 is 0 Å². The zero-order valence-electron chi connectivity index (χ0n) is 9.06. The molecule has 1 aromatic carbocycles. The van der Waals surface area contributed by atoms with Gasteiger partial charge in [0.25, 0.3) is 11.7 Å². The lowest BCUT2D eigenvalue weighted by atomic mass is 10.1. The number of aliphatic hydroxyl groups is 1. The maximum Gasteiger partial charge on any atom is 0.299 e. The Morgan fingerprint density at radius 3 is 2.75 bits per heavy atom. The van der Waals surface area contributed by atoms with Crippen molar-refractivity contribution in [3.05, 3.63) is 29.3 Å². The first kappa shape index (κ1) is 10.8. The van der Waals surface area contributed by atoms with Crippen LogP contribution in [0.3, 0.4) is 0 Å². The number of benzene rings is 1. The van der Waals surface area contributed by atoms with E-state index in [4.69, 9.17) is 5.11 Å². The number of rotatable bonds is 3. The lowest BCUT2D eigenvalue weighted by Crippen LogP contribution is -2.31. The van der Waals surface area contributed by atoms with Gasteiger partial charge in [0.15, 0.2) is 0 Å². The highest BCUT2D eigenvalue weighted by Crippen LogP contribution is 2.29. The van der Waals surface area contributed by atoms with Crippen LogP contribution in [0, 0.1) is 6.92 Å². The Hall–Kier alpha value is -1.68. The van der Waals surface area contributed by atoms with Gasteiger partial charge in [0.1, 0.15) is 0 Å². The zero-order valence-corrected chi connectivity index (χ0v) is 9.06. The van der Waals surface area contributed by atoms with Gasteiger partial charge in [-0.3, -0.25) is 9.59 Å². The molecule has 0 aromatic heterocycles. The Labute approximate surface area is 93.5 Å². The molecule has 0 bridgehead atoms. The van der Waals surface area contributed by atoms with Crippen LogP contribution in [-0.4, -0.2) is 29.9 Å². The van der Waals surface area contributed by atoms with Crippen LogP contribution in [0.25, 0.3) is 0 Å². The van der Waals surface area contributed by atoms with Crippen LogP contribution in [0.5, 0.6) is 0 Å². The van der Waals surface area contributed by atoms with Crippen molar-refractivity contribution in [2.45, 2.75) is 13.3 Å². The van der Waals surface area contributed by atoms with E-state index in [9.17, 15) is 9.59 Å². The van der Waals surface area contributed by atoms with Gasteiger partial charge in [-0.05, 0) is 25.5 Å². The number of amides is 1. The number of ketones is 1. The molecule has 0 unspecified atom stereocenters. The van der Waals surface area contributed by atoms with Crippen molar-refractivity contribution >= 4 is 17.4 Å². The van der Waals surface area contributed by atoms with Crippen LogP contribution in [0.15, 0.2) is 18.2 Å². The number of aryl methyl sites for hydroxylation is 1. The largest absolute Gasteiger partial charge is 0.396 e. The summed E-state index contributed by atoms with van der Waals surface area (Å²) in [5.74, 6) is -0.939. The van der Waals surface area contributed by atoms with Crippen LogP contribution in [0.4, 0.5) is 5.69 Å². The third-order valence-corrected chi connectivity index (χ3v) is 2.67. The van der Waals surface area contributed by atoms with E-state index < -0.39 is 11.7 Å². The first-order valence-corrected chi connectivity index (χ1v) is 5.23. The molecule has 0 saturated heterocycles. The van der Waals surface area contributed by atoms with Crippen LogP contribution in [-0.2, 0) is 4.79 Å². The smallest absolute Gasteiger partial charge is 0.299 e. The third kappa shape index (κ3) is 1.61. The molecule has 1 N–H and O–H groups in total. The highest BCUT2D eigenvalue weighted by atomic mass is 16.3. The van der Waals surface area contributed by atoms with Gasteiger partial charge in [-0.1, -0.05) is 11.6 Å². The molecule has 1 aromatic rings. The van der Waals surface area contributed by atoms with E-state index in [1.807, 2.05) is 13.0 Å². The van der Waals surface area contributed by atoms with E-state index in [1.54, 1.807) is 12.1 Å². The summed E-state index contributed by atoms with van der Waals surface area (Å²) < 4.78 is 0. The highest BCUT2D eigenvalue weighted by Gasteiger charge is 2.35. The lowest BCUT2D eigenvalue weighted by molar-refractivity contribution is -0.114. The summed E-state index contributed by atoms with van der Waals surface area (Å²) in [6, 6.07) is 5.38. The minimum atomic E-state index is -0.492. The van der Waals surface area contributed by atoms with Gasteiger partial charge in [0.05, 0.1) is 11.3 Å². The van der Waals surface area contributed by atoms with Gasteiger partial charge in [-0.25, -0.2) is 0 Å². The van der Waals surface area contributed by atoms with Gasteiger partial charge in [-0.2, -0.15) is 0 Å². The van der Waals surface area contributed by atoms with Crippen LogP contribution in [0.1, 0.15) is 22.3 Å². The van der Waals surface area contributed by atoms with Gasteiger partial charge in [0, 0.05) is 13.2 Å². The molecule has 0 spiro atoms. The number of anilines is 1. The summed E-state index contributed by atoms with van der Waals surface area (Å²) in [6.07, 6.45) is 0.479. The van der Waals surface area contributed by atoms with Gasteiger partial charge < -0.3 is 10.0 Å². The number of carbonyl (C=O) groups is 2. The molecule has 1 aliphatic rings. The van der Waals surface area contributed by atoms with E-state index in [0.717, 1.165) is 5.56 Å². The molecule has 0 radical (unpaired) electrons. The number of aliphatic hydroxyl groups excluding tert-OH is 1. The summed E-state index contributed by atoms with van der Waals surface area (Å²) in [6.45, 7) is 2.28. The Bertz CT molecular complexity index is 454. The SMILES string of the molecule is Cc1ccc2c(c1)C(=O)C(=O)N2CCCO. The number of nitrogens with zero attached hydrogens (tertiary/aromatic N) is 1. The quantitative estimate of drug-likeness (QED) is 0.769. The van der Waals surface area contributed by atoms with Crippen LogP contribution >= 0.6 is 0 Å². The summed E-state index contributed by atoms with van der Waals surface area (Å²) in [7, 11) is 0. The first-order chi connectivity index (χ1) is 7.65. The predicted octanol–water partition coefficient (Wildman–Crippen LogP) is 0.907. The number of carbonyl (C=O) groups excluding carboxylic acids is 2. The van der Waals surface area contributed by atoms with E-state index in [0.29, 0.717) is 24.2 Å². The molecule has 1 aliphatic heterocycles. The van der Waals surface area contributed by atoms with E-state index in [1.165, 1.54) is 4.90 Å². The van der Waals surface area contributed by atoms with Gasteiger partial charge in [-0.15, -0.1) is 0 Å². The minimum Gasteiger partial charge on any atom is -0.396 e. The second-order valence-electron chi connectivity index (χ2n) is 3.88. The average molecular weight is 219 g/mol. The average Bonchev–Trinajstić information content (AvgIpc) is 2.50. The normalized spacial score (nSPS) is 14.5. The minimum absolute atomic E-state index is 0.0131. The molecule has 4 nitrogen and oxygen atoms in total. The molecule has 4 heteroatoms. The topological polar surface area (TPSA) is 57.6 Å². The second-order valence-corrected chi connectivity index (χ2v) is 3.88. The molecule has 84 valence electrons. The highest BCUT2D eigenvalue weighted by molar-refractivity contribution is 6.52. The first-order valence-electron chi connectivity index (χ1n) is 5.23. The van der Waals surface area contributed by atoms with E-state index in [2.05, 4.69) is 0 Å². The number of Topliss-reactive ketones (excluding diaryl/α,β-unsaturated/α-hetero) is 1. The standard InChI is InChI=1S/C12H13NO3/c1-8-3-4-10-9(7-8)11(15)12(16)13(10)5-2-6-14/h3-4,7,14H,2,5-6H2,1H3. The number of fused-ring (bicyclic) bond motifs is 1. The van der Waals surface area contributed by atoms with E-state index in [-0.39, 0.29) is 6.61 Å². The van der Waals surface area contributed by atoms with Gasteiger partial charge in [0.2, 0.25) is 0 Å². The Morgan fingerprint density at radius 1 is 1.31 bits per heavy atom.